The van der Waals surface area contributed by atoms with Crippen molar-refractivity contribution < 1.29 is 18.4 Å². The fraction of sp³-hybridized carbons (Fsp3) is 0.172. The number of rotatable bonds is 5. The van der Waals surface area contributed by atoms with Crippen LogP contribution in [0.4, 0.5) is 14.5 Å². The predicted molar refractivity (Wildman–Crippen MR) is 138 cm³/mol. The first-order valence-electron chi connectivity index (χ1n) is 12.0. The van der Waals surface area contributed by atoms with E-state index in [-0.39, 0.29) is 30.7 Å². The summed E-state index contributed by atoms with van der Waals surface area (Å²) in [6, 6.07) is 19.3. The van der Waals surface area contributed by atoms with Gasteiger partial charge >= 0.3 is 0 Å². The van der Waals surface area contributed by atoms with Crippen LogP contribution in [0.3, 0.4) is 0 Å². The second-order valence-corrected chi connectivity index (χ2v) is 9.07. The summed E-state index contributed by atoms with van der Waals surface area (Å²) in [6.07, 6.45) is 1.70. The van der Waals surface area contributed by atoms with E-state index in [0.717, 1.165) is 0 Å². The molecule has 7 nitrogen and oxygen atoms in total. The van der Waals surface area contributed by atoms with Gasteiger partial charge in [0.1, 0.15) is 30.5 Å². The highest BCUT2D eigenvalue weighted by molar-refractivity contribution is 5.98. The largest absolute Gasteiger partial charge is 0.330 e. The van der Waals surface area contributed by atoms with E-state index in [1.165, 1.54) is 23.1 Å². The van der Waals surface area contributed by atoms with Crippen LogP contribution in [-0.4, -0.2) is 45.9 Å². The number of carbonyl (C=O) groups excluding carboxylic acids is 2. The third kappa shape index (κ3) is 5.02. The van der Waals surface area contributed by atoms with Crippen molar-refractivity contribution in [1.82, 2.24) is 14.5 Å². The van der Waals surface area contributed by atoms with Crippen molar-refractivity contribution >= 4 is 17.5 Å². The van der Waals surface area contributed by atoms with Crippen LogP contribution in [0, 0.1) is 29.9 Å². The molecule has 1 aliphatic rings. The maximum absolute atomic E-state index is 13.8. The van der Waals surface area contributed by atoms with Crippen molar-refractivity contribution in [2.45, 2.75) is 13.5 Å². The van der Waals surface area contributed by atoms with Gasteiger partial charge in [-0.1, -0.05) is 6.07 Å². The minimum Gasteiger partial charge on any atom is -0.330 e. The summed E-state index contributed by atoms with van der Waals surface area (Å²) in [5, 5.41) is 9.15. The molecule has 0 radical (unpaired) electrons. The van der Waals surface area contributed by atoms with Gasteiger partial charge in [-0.2, -0.15) is 5.26 Å². The molecule has 1 aliphatic heterocycles. The zero-order valence-corrected chi connectivity index (χ0v) is 20.6. The zero-order valence-electron chi connectivity index (χ0n) is 20.6. The molecule has 4 aromatic rings. The van der Waals surface area contributed by atoms with Crippen molar-refractivity contribution in [3.63, 3.8) is 0 Å². The van der Waals surface area contributed by atoms with Crippen LogP contribution in [0.25, 0.3) is 22.6 Å². The summed E-state index contributed by atoms with van der Waals surface area (Å²) in [5.41, 5.74) is 3.37. The number of hydrogen-bond donors (Lipinski definition) is 0. The molecule has 9 heteroatoms. The van der Waals surface area contributed by atoms with Crippen LogP contribution >= 0.6 is 0 Å². The molecule has 0 aliphatic carbocycles. The summed E-state index contributed by atoms with van der Waals surface area (Å²) < 4.78 is 29.1. The van der Waals surface area contributed by atoms with Crippen molar-refractivity contribution in [2.75, 3.05) is 24.5 Å². The van der Waals surface area contributed by atoms with Gasteiger partial charge in [0.25, 0.3) is 0 Å². The van der Waals surface area contributed by atoms with Gasteiger partial charge in [-0.25, -0.2) is 13.8 Å². The van der Waals surface area contributed by atoms with E-state index >= 15 is 0 Å². The molecule has 0 unspecified atom stereocenters. The van der Waals surface area contributed by atoms with Gasteiger partial charge in [0.2, 0.25) is 11.8 Å². The van der Waals surface area contributed by atoms with Gasteiger partial charge in [-0.05, 0) is 73.2 Å². The molecule has 1 saturated heterocycles. The Morgan fingerprint density at radius 2 is 1.79 bits per heavy atom. The molecule has 0 saturated carbocycles. The Bertz CT molecular complexity index is 1570. The third-order valence-corrected chi connectivity index (χ3v) is 6.50. The van der Waals surface area contributed by atoms with E-state index < -0.39 is 5.82 Å². The zero-order chi connectivity index (χ0) is 26.8. The lowest BCUT2D eigenvalue weighted by atomic mass is 10.1. The van der Waals surface area contributed by atoms with Crippen LogP contribution < -0.4 is 4.90 Å². The Morgan fingerprint density at radius 3 is 2.50 bits per heavy atom. The first kappa shape index (κ1) is 24.8. The lowest BCUT2D eigenvalue weighted by Gasteiger charge is -2.34. The molecule has 2 amide bonds. The maximum atomic E-state index is 13.8. The minimum atomic E-state index is -0.394. The Labute approximate surface area is 218 Å². The van der Waals surface area contributed by atoms with E-state index in [1.54, 1.807) is 71.1 Å². The number of imidazole rings is 1. The molecule has 5 rings (SSSR count). The SMILES string of the molecule is Cc1cc(-c2cn(CC(=O)N3CCN(c4cccc(C#N)c4)C(=O)C3)c(-c3ccc(F)cc3)n2)ccc1F. The van der Waals surface area contributed by atoms with E-state index in [1.807, 2.05) is 0 Å². The molecule has 2 heterocycles. The van der Waals surface area contributed by atoms with Gasteiger partial charge in [0.05, 0.1) is 17.3 Å². The van der Waals surface area contributed by atoms with Crippen LogP contribution in [0.1, 0.15) is 11.1 Å². The molecule has 3 aromatic carbocycles. The number of nitrogens with zero attached hydrogens (tertiary/aromatic N) is 5. The molecule has 0 atom stereocenters. The summed E-state index contributed by atoms with van der Waals surface area (Å²) in [4.78, 5) is 33.9. The van der Waals surface area contributed by atoms with Crippen LogP contribution in [0.2, 0.25) is 0 Å². The number of anilines is 1. The van der Waals surface area contributed by atoms with Crippen LogP contribution in [0.5, 0.6) is 0 Å². The molecule has 190 valence electrons. The first-order valence-corrected chi connectivity index (χ1v) is 12.0. The fourth-order valence-corrected chi connectivity index (χ4v) is 4.46. The lowest BCUT2D eigenvalue weighted by Crippen LogP contribution is -2.53. The van der Waals surface area contributed by atoms with Gasteiger partial charge < -0.3 is 14.4 Å². The van der Waals surface area contributed by atoms with Crippen molar-refractivity contribution in [2.24, 2.45) is 0 Å². The highest BCUT2D eigenvalue weighted by Gasteiger charge is 2.29. The topological polar surface area (TPSA) is 82.2 Å². The van der Waals surface area contributed by atoms with E-state index in [2.05, 4.69) is 11.1 Å². The number of aromatic nitrogens is 2. The Hall–Kier alpha value is -4.84. The highest BCUT2D eigenvalue weighted by atomic mass is 19.1. The second kappa shape index (κ2) is 10.3. The van der Waals surface area contributed by atoms with Gasteiger partial charge in [0, 0.05) is 36.1 Å². The predicted octanol–water partition coefficient (Wildman–Crippen LogP) is 4.55. The summed E-state index contributed by atoms with van der Waals surface area (Å²) in [6.45, 7) is 2.10. The molecular formula is C29H23F2N5O2. The number of halogens is 2. The summed E-state index contributed by atoms with van der Waals surface area (Å²) in [5.74, 6) is -0.786. The summed E-state index contributed by atoms with van der Waals surface area (Å²) in [7, 11) is 0. The molecule has 1 fully saturated rings. The number of amides is 2. The quantitative estimate of drug-likeness (QED) is 0.394. The maximum Gasteiger partial charge on any atom is 0.246 e. The normalized spacial score (nSPS) is 13.5. The lowest BCUT2D eigenvalue weighted by molar-refractivity contribution is -0.137. The van der Waals surface area contributed by atoms with Crippen molar-refractivity contribution in [3.05, 3.63) is 95.7 Å². The monoisotopic (exact) mass is 511 g/mol. The van der Waals surface area contributed by atoms with Crippen molar-refractivity contribution in [3.8, 4) is 28.7 Å². The average Bonchev–Trinajstić information content (AvgIpc) is 3.34. The number of carbonyl (C=O) groups is 2. The van der Waals surface area contributed by atoms with E-state index in [4.69, 9.17) is 5.26 Å². The van der Waals surface area contributed by atoms with Gasteiger partial charge in [0.15, 0.2) is 0 Å². The molecule has 1 aromatic heterocycles. The molecular weight excluding hydrogens is 488 g/mol. The summed E-state index contributed by atoms with van der Waals surface area (Å²) >= 11 is 0. The number of nitriles is 1. The van der Waals surface area contributed by atoms with Crippen LogP contribution in [0.15, 0.2) is 72.9 Å². The average molecular weight is 512 g/mol. The van der Waals surface area contributed by atoms with Crippen LogP contribution in [-0.2, 0) is 16.1 Å². The number of benzene rings is 3. The molecule has 38 heavy (non-hydrogen) atoms. The molecule has 0 N–H and O–H groups in total. The Morgan fingerprint density at radius 1 is 1.03 bits per heavy atom. The van der Waals surface area contributed by atoms with E-state index in [9.17, 15) is 18.4 Å². The second-order valence-electron chi connectivity index (χ2n) is 9.07. The van der Waals surface area contributed by atoms with Gasteiger partial charge in [-0.15, -0.1) is 0 Å². The number of aryl methyl sites for hydroxylation is 1. The standard InChI is InChI=1S/C29H23F2N5O2/c1-19-13-22(7-10-25(19)31)26-16-35(29(33-26)21-5-8-23(30)9-6-21)17-27(37)34-11-12-36(28(38)18-34)24-4-2-3-20(14-24)15-32/h2-10,13-14,16H,11-12,17-18H2,1H3. The Kier molecular flexibility index (Phi) is 6.71. The highest BCUT2D eigenvalue weighted by Crippen LogP contribution is 2.27. The fourth-order valence-electron chi connectivity index (χ4n) is 4.46. The first-order chi connectivity index (χ1) is 18.3. The minimum absolute atomic E-state index is 0.0862. The molecule has 0 bridgehead atoms. The van der Waals surface area contributed by atoms with Crippen molar-refractivity contribution in [1.29, 1.82) is 5.26 Å². The number of piperazine rings is 1. The Balaban J connectivity index is 1.39. The molecule has 0 spiro atoms. The van der Waals surface area contributed by atoms with E-state index in [0.29, 0.717) is 52.5 Å². The smallest absolute Gasteiger partial charge is 0.246 e. The van der Waals surface area contributed by atoms with Gasteiger partial charge in [-0.3, -0.25) is 9.59 Å². The number of hydrogen-bond acceptors (Lipinski definition) is 4. The third-order valence-electron chi connectivity index (χ3n) is 6.50.